The Bertz CT molecular complexity index is 528. The van der Waals surface area contributed by atoms with Gasteiger partial charge in [-0.25, -0.2) is 0 Å². The van der Waals surface area contributed by atoms with Crippen molar-refractivity contribution in [2.24, 2.45) is 12.0 Å². The van der Waals surface area contributed by atoms with Crippen LogP contribution in [0.4, 0.5) is 0 Å². The highest BCUT2D eigenvalue weighted by molar-refractivity contribution is 5.79. The van der Waals surface area contributed by atoms with Crippen LogP contribution >= 0.6 is 0 Å². The molecule has 2 aromatic rings. The summed E-state index contributed by atoms with van der Waals surface area (Å²) in [5, 5.41) is 6.59. The predicted octanol–water partition coefficient (Wildman–Crippen LogP) is 1.89. The van der Waals surface area contributed by atoms with Gasteiger partial charge in [-0.1, -0.05) is 30.3 Å². The molecule has 1 aromatic carbocycles. The van der Waals surface area contributed by atoms with Gasteiger partial charge in [0, 0.05) is 39.6 Å². The third-order valence-corrected chi connectivity index (χ3v) is 2.88. The van der Waals surface area contributed by atoms with E-state index in [-0.39, 0.29) is 0 Å². The molecule has 0 aliphatic rings. The van der Waals surface area contributed by atoms with Gasteiger partial charge in [0.05, 0.1) is 0 Å². The molecule has 0 radical (unpaired) electrons. The van der Waals surface area contributed by atoms with Gasteiger partial charge in [0.25, 0.3) is 0 Å². The zero-order valence-corrected chi connectivity index (χ0v) is 11.4. The number of nitrogens with one attached hydrogen (secondary N) is 2. The van der Waals surface area contributed by atoms with Crippen LogP contribution in [-0.2, 0) is 20.1 Å². The number of guanidine groups is 1. The fourth-order valence-electron chi connectivity index (χ4n) is 1.85. The van der Waals surface area contributed by atoms with E-state index in [1.165, 1.54) is 11.1 Å². The summed E-state index contributed by atoms with van der Waals surface area (Å²) in [5.41, 5.74) is 2.48. The second kappa shape index (κ2) is 6.64. The van der Waals surface area contributed by atoms with E-state index in [1.807, 2.05) is 36.0 Å². The van der Waals surface area contributed by atoms with Crippen molar-refractivity contribution in [3.63, 3.8) is 0 Å². The van der Waals surface area contributed by atoms with Gasteiger partial charge in [-0.2, -0.15) is 0 Å². The van der Waals surface area contributed by atoms with Gasteiger partial charge in [-0.15, -0.1) is 0 Å². The van der Waals surface area contributed by atoms with Gasteiger partial charge in [0.2, 0.25) is 0 Å². The fourth-order valence-corrected chi connectivity index (χ4v) is 1.85. The van der Waals surface area contributed by atoms with Crippen LogP contribution in [0.15, 0.2) is 53.8 Å². The standard InChI is InChI=1S/C15H20N4/c1-16-15(17-10-13-6-4-3-5-7-13)18-11-14-8-9-19(2)12-14/h3-9,12H,10-11H2,1-2H3,(H2,16,17,18). The quantitative estimate of drug-likeness (QED) is 0.648. The number of aliphatic imine (C=N–C) groups is 1. The first-order valence-corrected chi connectivity index (χ1v) is 6.37. The molecule has 0 fully saturated rings. The summed E-state index contributed by atoms with van der Waals surface area (Å²) in [6.07, 6.45) is 4.13. The molecule has 19 heavy (non-hydrogen) atoms. The van der Waals surface area contributed by atoms with Crippen molar-refractivity contribution in [2.75, 3.05) is 7.05 Å². The lowest BCUT2D eigenvalue weighted by molar-refractivity contribution is 0.806. The molecule has 2 rings (SSSR count). The fraction of sp³-hybridized carbons (Fsp3) is 0.267. The van der Waals surface area contributed by atoms with E-state index >= 15 is 0 Å². The Balaban J connectivity index is 1.81. The topological polar surface area (TPSA) is 41.4 Å². The van der Waals surface area contributed by atoms with Crippen LogP contribution < -0.4 is 10.6 Å². The summed E-state index contributed by atoms with van der Waals surface area (Å²) < 4.78 is 2.04. The van der Waals surface area contributed by atoms with Crippen LogP contribution in [0.2, 0.25) is 0 Å². The van der Waals surface area contributed by atoms with Gasteiger partial charge in [-0.05, 0) is 17.2 Å². The monoisotopic (exact) mass is 256 g/mol. The lowest BCUT2D eigenvalue weighted by atomic mass is 10.2. The van der Waals surface area contributed by atoms with Gasteiger partial charge >= 0.3 is 0 Å². The van der Waals surface area contributed by atoms with Gasteiger partial charge < -0.3 is 15.2 Å². The van der Waals surface area contributed by atoms with E-state index in [1.54, 1.807) is 7.05 Å². The maximum Gasteiger partial charge on any atom is 0.191 e. The second-order valence-electron chi connectivity index (χ2n) is 4.45. The molecular formula is C15H20N4. The van der Waals surface area contributed by atoms with Crippen LogP contribution in [0.5, 0.6) is 0 Å². The Hall–Kier alpha value is -2.23. The molecule has 1 heterocycles. The highest BCUT2D eigenvalue weighted by Gasteiger charge is 1.99. The molecule has 0 saturated carbocycles. The van der Waals surface area contributed by atoms with Gasteiger partial charge in [0.15, 0.2) is 5.96 Å². The van der Waals surface area contributed by atoms with E-state index in [4.69, 9.17) is 0 Å². The lowest BCUT2D eigenvalue weighted by Crippen LogP contribution is -2.36. The number of hydrogen-bond donors (Lipinski definition) is 2. The molecule has 1 aromatic heterocycles. The molecule has 0 spiro atoms. The Morgan fingerprint density at radius 1 is 1.05 bits per heavy atom. The van der Waals surface area contributed by atoms with Gasteiger partial charge in [0.1, 0.15) is 0 Å². The SMILES string of the molecule is CN=C(NCc1ccccc1)NCc1ccn(C)c1. The van der Waals surface area contributed by atoms with Crippen molar-refractivity contribution in [1.29, 1.82) is 0 Å². The maximum absolute atomic E-state index is 4.21. The maximum atomic E-state index is 4.21. The first-order chi connectivity index (χ1) is 9.28. The average Bonchev–Trinajstić information content (AvgIpc) is 2.86. The summed E-state index contributed by atoms with van der Waals surface area (Å²) in [4.78, 5) is 4.21. The highest BCUT2D eigenvalue weighted by atomic mass is 15.2. The van der Waals surface area contributed by atoms with Crippen LogP contribution in [-0.4, -0.2) is 17.6 Å². The Kier molecular flexibility index (Phi) is 4.61. The van der Waals surface area contributed by atoms with E-state index < -0.39 is 0 Å². The number of nitrogens with zero attached hydrogens (tertiary/aromatic N) is 2. The first-order valence-electron chi connectivity index (χ1n) is 6.37. The van der Waals surface area contributed by atoms with Crippen molar-refractivity contribution in [1.82, 2.24) is 15.2 Å². The summed E-state index contributed by atoms with van der Waals surface area (Å²) in [6, 6.07) is 12.4. The molecule has 0 aliphatic carbocycles. The molecule has 0 amide bonds. The molecule has 0 bridgehead atoms. The first kappa shape index (κ1) is 13.2. The predicted molar refractivity (Wildman–Crippen MR) is 78.9 cm³/mol. The summed E-state index contributed by atoms with van der Waals surface area (Å²) in [5.74, 6) is 0.813. The van der Waals surface area contributed by atoms with Crippen molar-refractivity contribution in [3.05, 3.63) is 59.9 Å². The van der Waals surface area contributed by atoms with E-state index in [0.717, 1.165) is 19.0 Å². The smallest absolute Gasteiger partial charge is 0.191 e. The van der Waals surface area contributed by atoms with Crippen molar-refractivity contribution in [3.8, 4) is 0 Å². The minimum atomic E-state index is 0.773. The zero-order valence-electron chi connectivity index (χ0n) is 11.4. The molecule has 0 saturated heterocycles. The van der Waals surface area contributed by atoms with Crippen molar-refractivity contribution in [2.45, 2.75) is 13.1 Å². The number of benzene rings is 1. The van der Waals surface area contributed by atoms with E-state index in [0.29, 0.717) is 0 Å². The Labute approximate surface area is 114 Å². The van der Waals surface area contributed by atoms with Crippen LogP contribution in [0.1, 0.15) is 11.1 Å². The normalized spacial score (nSPS) is 11.4. The average molecular weight is 256 g/mol. The molecule has 0 unspecified atom stereocenters. The van der Waals surface area contributed by atoms with Gasteiger partial charge in [-0.3, -0.25) is 4.99 Å². The number of rotatable bonds is 4. The Morgan fingerprint density at radius 3 is 2.32 bits per heavy atom. The van der Waals surface area contributed by atoms with Crippen LogP contribution in [0.3, 0.4) is 0 Å². The minimum Gasteiger partial charge on any atom is -0.357 e. The minimum absolute atomic E-state index is 0.773. The number of aryl methyl sites for hydroxylation is 1. The molecule has 100 valence electrons. The summed E-state index contributed by atoms with van der Waals surface area (Å²) >= 11 is 0. The van der Waals surface area contributed by atoms with Crippen LogP contribution in [0, 0.1) is 0 Å². The molecule has 0 atom stereocenters. The number of aromatic nitrogens is 1. The van der Waals surface area contributed by atoms with Crippen molar-refractivity contribution < 1.29 is 0 Å². The van der Waals surface area contributed by atoms with E-state index in [9.17, 15) is 0 Å². The highest BCUT2D eigenvalue weighted by Crippen LogP contribution is 1.99. The number of hydrogen-bond acceptors (Lipinski definition) is 1. The molecule has 0 aliphatic heterocycles. The largest absolute Gasteiger partial charge is 0.357 e. The molecule has 4 heteroatoms. The van der Waals surface area contributed by atoms with Crippen molar-refractivity contribution >= 4 is 5.96 Å². The Morgan fingerprint density at radius 2 is 1.74 bits per heavy atom. The molecule has 2 N–H and O–H groups in total. The lowest BCUT2D eigenvalue weighted by Gasteiger charge is -2.11. The summed E-state index contributed by atoms with van der Waals surface area (Å²) in [6.45, 7) is 1.55. The van der Waals surface area contributed by atoms with E-state index in [2.05, 4.69) is 40.0 Å². The zero-order chi connectivity index (χ0) is 13.5. The summed E-state index contributed by atoms with van der Waals surface area (Å²) in [7, 11) is 3.80. The molecular weight excluding hydrogens is 236 g/mol. The molecule has 4 nitrogen and oxygen atoms in total. The third kappa shape index (κ3) is 4.17. The second-order valence-corrected chi connectivity index (χ2v) is 4.45. The third-order valence-electron chi connectivity index (χ3n) is 2.88. The van der Waals surface area contributed by atoms with Crippen LogP contribution in [0.25, 0.3) is 0 Å².